The van der Waals surface area contributed by atoms with E-state index in [-0.39, 0.29) is 30.0 Å². The molecule has 1 amide bonds. The molecule has 0 heterocycles. The van der Waals surface area contributed by atoms with Gasteiger partial charge in [-0.15, -0.1) is 12.4 Å². The van der Waals surface area contributed by atoms with E-state index in [0.717, 1.165) is 31.2 Å². The Bertz CT molecular complexity index is 607. The van der Waals surface area contributed by atoms with Crippen LogP contribution >= 0.6 is 12.4 Å². The fraction of sp³-hybridized carbons (Fsp3) is 0.650. The number of benzene rings is 1. The first-order chi connectivity index (χ1) is 11.6. The van der Waals surface area contributed by atoms with Gasteiger partial charge in [0.1, 0.15) is 5.82 Å². The van der Waals surface area contributed by atoms with Crippen LogP contribution in [0.1, 0.15) is 50.5 Å². The minimum atomic E-state index is -0.228. The summed E-state index contributed by atoms with van der Waals surface area (Å²) in [5.74, 6) is 1.21. The van der Waals surface area contributed by atoms with Crippen LogP contribution in [-0.4, -0.2) is 22.9 Å². The molecule has 5 heteroatoms. The lowest BCUT2D eigenvalue weighted by atomic mass is 9.65. The lowest BCUT2D eigenvalue weighted by molar-refractivity contribution is -0.140. The van der Waals surface area contributed by atoms with Gasteiger partial charge in [0.05, 0.1) is 0 Å². The number of hydrogen-bond donors (Lipinski definition) is 1. The summed E-state index contributed by atoms with van der Waals surface area (Å²) >= 11 is 0. The van der Waals surface area contributed by atoms with Gasteiger partial charge in [0.2, 0.25) is 5.91 Å². The normalized spacial score (nSPS) is 31.1. The van der Waals surface area contributed by atoms with Gasteiger partial charge in [-0.05, 0) is 68.1 Å². The summed E-state index contributed by atoms with van der Waals surface area (Å²) in [6.45, 7) is 0.541. The van der Waals surface area contributed by atoms with Gasteiger partial charge in [0.25, 0.3) is 0 Å². The Balaban J connectivity index is 0.00000182. The van der Waals surface area contributed by atoms with Crippen LogP contribution in [0.25, 0.3) is 0 Å². The van der Waals surface area contributed by atoms with Crippen LogP contribution in [0.3, 0.4) is 0 Å². The van der Waals surface area contributed by atoms with Gasteiger partial charge in [-0.25, -0.2) is 4.39 Å². The van der Waals surface area contributed by atoms with Crippen LogP contribution in [0.4, 0.5) is 4.39 Å². The van der Waals surface area contributed by atoms with E-state index < -0.39 is 0 Å². The lowest BCUT2D eigenvalue weighted by Crippen LogP contribution is -2.50. The van der Waals surface area contributed by atoms with Crippen LogP contribution in [-0.2, 0) is 11.3 Å². The SMILES string of the molecule is Cl.NC1C2CCCC1CC(C(=O)N(Cc1cccc(F)c1)C1CC1)C2. The van der Waals surface area contributed by atoms with E-state index in [4.69, 9.17) is 5.73 Å². The average Bonchev–Trinajstić information content (AvgIpc) is 3.36. The minimum absolute atomic E-state index is 0. The molecule has 3 aliphatic carbocycles. The maximum absolute atomic E-state index is 13.5. The van der Waals surface area contributed by atoms with Crippen LogP contribution in [0.15, 0.2) is 24.3 Å². The molecule has 1 aromatic carbocycles. The predicted octanol–water partition coefficient (Wildman–Crippen LogP) is 3.89. The summed E-state index contributed by atoms with van der Waals surface area (Å²) in [5.41, 5.74) is 7.26. The molecule has 0 aromatic heterocycles. The topological polar surface area (TPSA) is 46.3 Å². The van der Waals surface area contributed by atoms with Gasteiger partial charge < -0.3 is 10.6 Å². The maximum Gasteiger partial charge on any atom is 0.226 e. The molecule has 2 atom stereocenters. The summed E-state index contributed by atoms with van der Waals surface area (Å²) < 4.78 is 13.5. The number of rotatable bonds is 4. The zero-order valence-corrected chi connectivity index (χ0v) is 15.4. The fourth-order valence-electron chi connectivity index (χ4n) is 4.83. The lowest BCUT2D eigenvalue weighted by Gasteiger charge is -2.44. The number of amides is 1. The summed E-state index contributed by atoms with van der Waals surface area (Å²) in [7, 11) is 0. The highest BCUT2D eigenvalue weighted by molar-refractivity contribution is 5.85. The second-order valence-corrected chi connectivity index (χ2v) is 8.02. The van der Waals surface area contributed by atoms with Crippen molar-refractivity contribution in [1.82, 2.24) is 4.90 Å². The molecule has 0 spiro atoms. The minimum Gasteiger partial charge on any atom is -0.335 e. The number of nitrogens with zero attached hydrogens (tertiary/aromatic N) is 1. The van der Waals surface area contributed by atoms with E-state index in [0.29, 0.717) is 30.5 Å². The summed E-state index contributed by atoms with van der Waals surface area (Å²) in [6.07, 6.45) is 7.68. The highest BCUT2D eigenvalue weighted by Gasteiger charge is 2.43. The Morgan fingerprint density at radius 1 is 1.16 bits per heavy atom. The van der Waals surface area contributed by atoms with Crippen molar-refractivity contribution in [2.24, 2.45) is 23.5 Å². The molecule has 3 saturated carbocycles. The molecule has 3 aliphatic rings. The van der Waals surface area contributed by atoms with E-state index in [1.807, 2.05) is 11.0 Å². The van der Waals surface area contributed by atoms with Gasteiger partial charge in [-0.1, -0.05) is 18.6 Å². The molecular formula is C20H28ClFN2O. The molecule has 138 valence electrons. The third-order valence-electron chi connectivity index (χ3n) is 6.27. The van der Waals surface area contributed by atoms with Gasteiger partial charge in [-0.2, -0.15) is 0 Å². The Labute approximate surface area is 155 Å². The quantitative estimate of drug-likeness (QED) is 0.878. The number of carbonyl (C=O) groups excluding carboxylic acids is 1. The van der Waals surface area contributed by atoms with E-state index in [9.17, 15) is 9.18 Å². The van der Waals surface area contributed by atoms with Crippen molar-refractivity contribution >= 4 is 18.3 Å². The number of fused-ring (bicyclic) bond motifs is 2. The second kappa shape index (κ2) is 7.63. The van der Waals surface area contributed by atoms with Crippen molar-refractivity contribution in [3.63, 3.8) is 0 Å². The van der Waals surface area contributed by atoms with E-state index in [2.05, 4.69) is 0 Å². The molecular weight excluding hydrogens is 339 g/mol. The molecule has 0 aliphatic heterocycles. The molecule has 4 rings (SSSR count). The molecule has 0 radical (unpaired) electrons. The third-order valence-corrected chi connectivity index (χ3v) is 6.27. The molecule has 2 bridgehead atoms. The first kappa shape index (κ1) is 18.7. The zero-order valence-electron chi connectivity index (χ0n) is 14.6. The Morgan fingerprint density at radius 2 is 1.84 bits per heavy atom. The highest BCUT2D eigenvalue weighted by Crippen LogP contribution is 2.43. The third kappa shape index (κ3) is 4.01. The monoisotopic (exact) mass is 366 g/mol. The van der Waals surface area contributed by atoms with Crippen molar-refractivity contribution < 1.29 is 9.18 Å². The van der Waals surface area contributed by atoms with E-state index >= 15 is 0 Å². The number of halogens is 2. The van der Waals surface area contributed by atoms with Crippen molar-refractivity contribution in [2.75, 3.05) is 0 Å². The number of carbonyl (C=O) groups is 1. The van der Waals surface area contributed by atoms with Gasteiger partial charge in [-0.3, -0.25) is 4.79 Å². The fourth-order valence-corrected chi connectivity index (χ4v) is 4.83. The zero-order chi connectivity index (χ0) is 16.7. The van der Waals surface area contributed by atoms with Crippen molar-refractivity contribution in [3.8, 4) is 0 Å². The van der Waals surface area contributed by atoms with Gasteiger partial charge >= 0.3 is 0 Å². The first-order valence-corrected chi connectivity index (χ1v) is 9.42. The van der Waals surface area contributed by atoms with E-state index in [1.54, 1.807) is 12.1 Å². The Morgan fingerprint density at radius 3 is 2.44 bits per heavy atom. The van der Waals surface area contributed by atoms with Crippen LogP contribution in [0.5, 0.6) is 0 Å². The maximum atomic E-state index is 13.5. The molecule has 3 fully saturated rings. The smallest absolute Gasteiger partial charge is 0.226 e. The van der Waals surface area contributed by atoms with Crippen LogP contribution in [0, 0.1) is 23.6 Å². The second-order valence-electron chi connectivity index (χ2n) is 8.02. The molecule has 1 aromatic rings. The molecule has 2 N–H and O–H groups in total. The van der Waals surface area contributed by atoms with E-state index in [1.165, 1.54) is 25.3 Å². The summed E-state index contributed by atoms with van der Waals surface area (Å²) in [5, 5.41) is 0. The van der Waals surface area contributed by atoms with Crippen molar-refractivity contribution in [1.29, 1.82) is 0 Å². The van der Waals surface area contributed by atoms with Gasteiger partial charge in [0, 0.05) is 24.5 Å². The molecule has 25 heavy (non-hydrogen) atoms. The van der Waals surface area contributed by atoms with Crippen molar-refractivity contribution in [2.45, 2.75) is 63.6 Å². The van der Waals surface area contributed by atoms with Crippen LogP contribution in [0.2, 0.25) is 0 Å². The van der Waals surface area contributed by atoms with Crippen LogP contribution < -0.4 is 5.73 Å². The summed E-state index contributed by atoms with van der Waals surface area (Å²) in [4.78, 5) is 15.2. The molecule has 2 unspecified atom stereocenters. The van der Waals surface area contributed by atoms with Crippen molar-refractivity contribution in [3.05, 3.63) is 35.6 Å². The van der Waals surface area contributed by atoms with Gasteiger partial charge in [0.15, 0.2) is 0 Å². The Hall–Kier alpha value is -1.13. The highest BCUT2D eigenvalue weighted by atomic mass is 35.5. The standard InChI is InChI=1S/C20H27FN2O.ClH/c21-17-6-1-3-13(9-17)12-23(18-7-8-18)20(24)16-10-14-4-2-5-15(11-16)19(14)22;/h1,3,6,9,14-16,18-19H,2,4-5,7-8,10-12,22H2;1H. The molecule has 0 saturated heterocycles. The predicted molar refractivity (Wildman–Crippen MR) is 98.8 cm³/mol. The number of nitrogens with two attached hydrogens (primary N) is 1. The largest absolute Gasteiger partial charge is 0.335 e. The number of hydrogen-bond acceptors (Lipinski definition) is 2. The molecule has 3 nitrogen and oxygen atoms in total. The summed E-state index contributed by atoms with van der Waals surface area (Å²) in [6, 6.07) is 7.29. The average molecular weight is 367 g/mol. The Kier molecular flexibility index (Phi) is 5.69. The first-order valence-electron chi connectivity index (χ1n) is 9.42.